The maximum atomic E-state index is 11.3. The van der Waals surface area contributed by atoms with E-state index in [1.807, 2.05) is 18.2 Å². The highest BCUT2D eigenvalue weighted by Crippen LogP contribution is 2.25. The molecule has 0 aromatic heterocycles. The lowest BCUT2D eigenvalue weighted by atomic mass is 10.2. The van der Waals surface area contributed by atoms with E-state index in [0.717, 1.165) is 14.9 Å². The minimum atomic E-state index is -2.81. The van der Waals surface area contributed by atoms with Crippen LogP contribution >= 0.6 is 22.6 Å². The zero-order valence-electron chi connectivity index (χ0n) is 8.69. The van der Waals surface area contributed by atoms with Crippen LogP contribution in [-0.4, -0.2) is 33.0 Å². The molecule has 16 heavy (non-hydrogen) atoms. The van der Waals surface area contributed by atoms with Crippen LogP contribution in [0, 0.1) is 3.57 Å². The van der Waals surface area contributed by atoms with E-state index in [1.54, 1.807) is 0 Å². The van der Waals surface area contributed by atoms with Crippen LogP contribution in [0.15, 0.2) is 18.2 Å². The zero-order valence-corrected chi connectivity index (χ0v) is 11.7. The normalized spacial score (nSPS) is 19.7. The summed E-state index contributed by atoms with van der Waals surface area (Å²) in [5.41, 5.74) is 7.49. The van der Waals surface area contributed by atoms with Crippen molar-refractivity contribution in [3.63, 3.8) is 0 Å². The largest absolute Gasteiger partial charge is 0.399 e. The van der Waals surface area contributed by atoms with Gasteiger partial charge in [-0.1, -0.05) is 0 Å². The molecule has 2 N–H and O–H groups in total. The quantitative estimate of drug-likeness (QED) is 0.608. The predicted molar refractivity (Wildman–Crippen MR) is 74.4 cm³/mol. The Balaban J connectivity index is 2.20. The number of anilines is 2. The topological polar surface area (TPSA) is 63.4 Å². The average molecular weight is 352 g/mol. The molecule has 0 radical (unpaired) electrons. The SMILES string of the molecule is Nc1ccc(N2CCS(=O)(=O)CC2)c(I)c1. The molecule has 1 saturated heterocycles. The first kappa shape index (κ1) is 12.0. The van der Waals surface area contributed by atoms with Gasteiger partial charge in [0.05, 0.1) is 17.2 Å². The monoisotopic (exact) mass is 352 g/mol. The number of halogens is 1. The van der Waals surface area contributed by atoms with Gasteiger partial charge < -0.3 is 10.6 Å². The fourth-order valence-electron chi connectivity index (χ4n) is 1.73. The molecule has 1 aromatic rings. The lowest BCUT2D eigenvalue weighted by molar-refractivity contribution is 0.586. The van der Waals surface area contributed by atoms with Crippen molar-refractivity contribution in [2.45, 2.75) is 0 Å². The number of hydrogen-bond acceptors (Lipinski definition) is 4. The van der Waals surface area contributed by atoms with Crippen LogP contribution in [0.4, 0.5) is 11.4 Å². The Morgan fingerprint density at radius 3 is 2.44 bits per heavy atom. The van der Waals surface area contributed by atoms with Crippen molar-refractivity contribution >= 4 is 43.8 Å². The number of rotatable bonds is 1. The van der Waals surface area contributed by atoms with Crippen molar-refractivity contribution in [2.24, 2.45) is 0 Å². The number of nitrogen functional groups attached to an aromatic ring is 1. The highest BCUT2D eigenvalue weighted by atomic mass is 127. The second kappa shape index (κ2) is 4.40. The van der Waals surface area contributed by atoms with E-state index >= 15 is 0 Å². The molecule has 1 heterocycles. The first-order valence-corrected chi connectivity index (χ1v) is 7.88. The van der Waals surface area contributed by atoms with E-state index < -0.39 is 9.84 Å². The molecule has 0 atom stereocenters. The summed E-state index contributed by atoms with van der Waals surface area (Å²) < 4.78 is 23.7. The highest BCUT2D eigenvalue weighted by molar-refractivity contribution is 14.1. The molecule has 1 aliphatic rings. The lowest BCUT2D eigenvalue weighted by Crippen LogP contribution is -2.40. The number of benzene rings is 1. The van der Waals surface area contributed by atoms with Crippen LogP contribution in [0.3, 0.4) is 0 Å². The van der Waals surface area contributed by atoms with Crippen molar-refractivity contribution in [1.29, 1.82) is 0 Å². The van der Waals surface area contributed by atoms with Crippen molar-refractivity contribution in [1.82, 2.24) is 0 Å². The van der Waals surface area contributed by atoms with Crippen LogP contribution in [-0.2, 0) is 9.84 Å². The van der Waals surface area contributed by atoms with Crippen LogP contribution in [0.25, 0.3) is 0 Å². The van der Waals surface area contributed by atoms with Gasteiger partial charge in [-0.05, 0) is 40.8 Å². The van der Waals surface area contributed by atoms with E-state index in [1.165, 1.54) is 0 Å². The molecule has 0 spiro atoms. The number of hydrogen-bond donors (Lipinski definition) is 1. The van der Waals surface area contributed by atoms with E-state index in [-0.39, 0.29) is 11.5 Å². The Kier molecular flexibility index (Phi) is 3.29. The maximum absolute atomic E-state index is 11.3. The summed E-state index contributed by atoms with van der Waals surface area (Å²) in [6.45, 7) is 1.14. The van der Waals surface area contributed by atoms with Gasteiger partial charge in [0.2, 0.25) is 0 Å². The summed E-state index contributed by atoms with van der Waals surface area (Å²) in [5, 5.41) is 0. The Hall–Kier alpha value is -0.500. The van der Waals surface area contributed by atoms with E-state index in [4.69, 9.17) is 5.73 Å². The smallest absolute Gasteiger partial charge is 0.153 e. The summed E-state index contributed by atoms with van der Waals surface area (Å²) in [4.78, 5) is 2.10. The van der Waals surface area contributed by atoms with E-state index in [2.05, 4.69) is 27.5 Å². The minimum absolute atomic E-state index is 0.244. The molecule has 0 saturated carbocycles. The summed E-state index contributed by atoms with van der Waals surface area (Å²) >= 11 is 2.23. The van der Waals surface area contributed by atoms with Gasteiger partial charge in [-0.3, -0.25) is 0 Å². The van der Waals surface area contributed by atoms with Gasteiger partial charge in [0.15, 0.2) is 9.84 Å². The van der Waals surface area contributed by atoms with Crippen molar-refractivity contribution in [3.8, 4) is 0 Å². The fourth-order valence-corrected chi connectivity index (χ4v) is 3.81. The van der Waals surface area contributed by atoms with Crippen molar-refractivity contribution in [2.75, 3.05) is 35.2 Å². The highest BCUT2D eigenvalue weighted by Gasteiger charge is 2.22. The molecule has 0 bridgehead atoms. The number of nitrogens with zero attached hydrogens (tertiary/aromatic N) is 1. The standard InChI is InChI=1S/C10H13IN2O2S/c11-9-7-8(12)1-2-10(9)13-3-5-16(14,15)6-4-13/h1-2,7H,3-6,12H2. The molecule has 1 aliphatic heterocycles. The van der Waals surface area contributed by atoms with Gasteiger partial charge in [0, 0.05) is 22.3 Å². The summed E-state index contributed by atoms with van der Waals surface area (Å²) in [7, 11) is -2.81. The van der Waals surface area contributed by atoms with Gasteiger partial charge in [0.25, 0.3) is 0 Å². The maximum Gasteiger partial charge on any atom is 0.153 e. The first-order chi connectivity index (χ1) is 7.48. The third-order valence-corrected chi connectivity index (χ3v) is 5.13. The van der Waals surface area contributed by atoms with Gasteiger partial charge in [-0.25, -0.2) is 8.42 Å². The molecule has 0 unspecified atom stereocenters. The molecule has 0 amide bonds. The predicted octanol–water partition coefficient (Wildman–Crippen LogP) is 1.11. The first-order valence-electron chi connectivity index (χ1n) is 4.98. The third kappa shape index (κ3) is 2.60. The summed E-state index contributed by atoms with van der Waals surface area (Å²) in [6, 6.07) is 5.70. The van der Waals surface area contributed by atoms with Crippen LogP contribution in [0.5, 0.6) is 0 Å². The van der Waals surface area contributed by atoms with Gasteiger partial charge in [-0.2, -0.15) is 0 Å². The molecule has 1 fully saturated rings. The Bertz CT molecular complexity index is 488. The minimum Gasteiger partial charge on any atom is -0.399 e. The van der Waals surface area contributed by atoms with Crippen LogP contribution < -0.4 is 10.6 Å². The van der Waals surface area contributed by atoms with E-state index in [0.29, 0.717) is 13.1 Å². The summed E-state index contributed by atoms with van der Waals surface area (Å²) in [6.07, 6.45) is 0. The molecule has 88 valence electrons. The second-order valence-electron chi connectivity index (χ2n) is 3.85. The molecule has 2 rings (SSSR count). The number of nitrogens with two attached hydrogens (primary N) is 1. The van der Waals surface area contributed by atoms with Gasteiger partial charge in [-0.15, -0.1) is 0 Å². The Labute approximate surface area is 109 Å². The molecular formula is C10H13IN2O2S. The lowest BCUT2D eigenvalue weighted by Gasteiger charge is -2.29. The Morgan fingerprint density at radius 2 is 1.88 bits per heavy atom. The third-order valence-electron chi connectivity index (χ3n) is 2.66. The van der Waals surface area contributed by atoms with Gasteiger partial charge in [0.1, 0.15) is 0 Å². The molecule has 0 aliphatic carbocycles. The summed E-state index contributed by atoms with van der Waals surface area (Å²) in [5.74, 6) is 0.487. The van der Waals surface area contributed by atoms with Gasteiger partial charge >= 0.3 is 0 Å². The zero-order chi connectivity index (χ0) is 11.8. The van der Waals surface area contributed by atoms with Crippen LogP contribution in [0.1, 0.15) is 0 Å². The fraction of sp³-hybridized carbons (Fsp3) is 0.400. The molecular weight excluding hydrogens is 339 g/mol. The Morgan fingerprint density at radius 1 is 1.25 bits per heavy atom. The van der Waals surface area contributed by atoms with Crippen molar-refractivity contribution in [3.05, 3.63) is 21.8 Å². The second-order valence-corrected chi connectivity index (χ2v) is 7.32. The number of sulfone groups is 1. The molecule has 4 nitrogen and oxygen atoms in total. The van der Waals surface area contributed by atoms with E-state index in [9.17, 15) is 8.42 Å². The van der Waals surface area contributed by atoms with Crippen molar-refractivity contribution < 1.29 is 8.42 Å². The average Bonchev–Trinajstić information content (AvgIpc) is 2.19. The molecule has 1 aromatic carbocycles. The molecule has 6 heteroatoms. The van der Waals surface area contributed by atoms with Crippen LogP contribution in [0.2, 0.25) is 0 Å².